The van der Waals surface area contributed by atoms with Gasteiger partial charge in [0.25, 0.3) is 5.91 Å². The van der Waals surface area contributed by atoms with Crippen LogP contribution in [-0.4, -0.2) is 37.6 Å². The molecule has 1 atom stereocenters. The summed E-state index contributed by atoms with van der Waals surface area (Å²) in [5, 5.41) is 5.65. The summed E-state index contributed by atoms with van der Waals surface area (Å²) in [7, 11) is 0. The number of benzene rings is 1. The summed E-state index contributed by atoms with van der Waals surface area (Å²) in [6, 6.07) is 4.66. The van der Waals surface area contributed by atoms with Gasteiger partial charge in [0.1, 0.15) is 6.04 Å². The van der Waals surface area contributed by atoms with Crippen molar-refractivity contribution >= 4 is 11.8 Å². The van der Waals surface area contributed by atoms with E-state index in [1.807, 2.05) is 13.8 Å². The van der Waals surface area contributed by atoms with Crippen LogP contribution in [0.4, 0.5) is 0 Å². The maximum Gasteiger partial charge on any atom is 0.252 e. The Hall–Kier alpha value is -2.24. The van der Waals surface area contributed by atoms with E-state index in [1.54, 1.807) is 18.2 Å². The zero-order valence-electron chi connectivity index (χ0n) is 15.1. The molecule has 1 aromatic carbocycles. The topological polar surface area (TPSA) is 76.7 Å². The highest BCUT2D eigenvalue weighted by atomic mass is 16.5. The first-order chi connectivity index (χ1) is 12.2. The Bertz CT molecular complexity index is 589. The lowest BCUT2D eigenvalue weighted by atomic mass is 10.1. The lowest BCUT2D eigenvalue weighted by molar-refractivity contribution is -0.122. The molecule has 0 aliphatic carbocycles. The van der Waals surface area contributed by atoms with Crippen molar-refractivity contribution in [2.45, 2.75) is 52.0 Å². The predicted molar refractivity (Wildman–Crippen MR) is 96.1 cm³/mol. The van der Waals surface area contributed by atoms with Crippen molar-refractivity contribution < 1.29 is 19.1 Å². The number of ether oxygens (including phenoxy) is 2. The summed E-state index contributed by atoms with van der Waals surface area (Å²) in [4.78, 5) is 24.5. The summed E-state index contributed by atoms with van der Waals surface area (Å²) in [6.07, 6.45) is 4.28. The average Bonchev–Trinajstić information content (AvgIpc) is 2.83. The van der Waals surface area contributed by atoms with E-state index >= 15 is 0 Å². The van der Waals surface area contributed by atoms with Gasteiger partial charge in [-0.3, -0.25) is 9.59 Å². The number of amides is 2. The van der Waals surface area contributed by atoms with Gasteiger partial charge in [0.15, 0.2) is 11.5 Å². The Morgan fingerprint density at radius 3 is 2.60 bits per heavy atom. The zero-order valence-corrected chi connectivity index (χ0v) is 15.1. The highest BCUT2D eigenvalue weighted by Crippen LogP contribution is 2.29. The largest absolute Gasteiger partial charge is 0.490 e. The SMILES string of the molecule is CCCOc1ccc(C(=O)N[C@@H]2CCCCNC2=O)cc1OCCC. The first kappa shape index (κ1) is 19.1. The van der Waals surface area contributed by atoms with Crippen LogP contribution in [0.1, 0.15) is 56.3 Å². The Labute approximate surface area is 149 Å². The second kappa shape index (κ2) is 9.91. The van der Waals surface area contributed by atoms with E-state index in [-0.39, 0.29) is 11.8 Å². The molecule has 0 aromatic heterocycles. The third-order valence-electron chi connectivity index (χ3n) is 3.97. The number of rotatable bonds is 8. The molecule has 6 heteroatoms. The van der Waals surface area contributed by atoms with Gasteiger partial charge >= 0.3 is 0 Å². The molecule has 1 aromatic rings. The quantitative estimate of drug-likeness (QED) is 0.757. The molecule has 138 valence electrons. The second-order valence-corrected chi connectivity index (χ2v) is 6.17. The molecule has 25 heavy (non-hydrogen) atoms. The van der Waals surface area contributed by atoms with Gasteiger partial charge in [0, 0.05) is 12.1 Å². The standard InChI is InChI=1S/C19H28N2O4/c1-3-11-24-16-9-8-14(13-17(16)25-12-4-2)18(22)21-15-7-5-6-10-20-19(15)23/h8-9,13,15H,3-7,10-12H2,1-2H3,(H,20,23)(H,21,22)/t15-/m1/s1. The minimum absolute atomic E-state index is 0.115. The van der Waals surface area contributed by atoms with Gasteiger partial charge in [-0.1, -0.05) is 13.8 Å². The van der Waals surface area contributed by atoms with Crippen LogP contribution in [0.5, 0.6) is 11.5 Å². The van der Waals surface area contributed by atoms with Gasteiger partial charge < -0.3 is 20.1 Å². The van der Waals surface area contributed by atoms with Crippen molar-refractivity contribution in [1.82, 2.24) is 10.6 Å². The average molecular weight is 348 g/mol. The van der Waals surface area contributed by atoms with E-state index in [1.165, 1.54) is 0 Å². The highest BCUT2D eigenvalue weighted by Gasteiger charge is 2.23. The van der Waals surface area contributed by atoms with Gasteiger partial charge in [-0.25, -0.2) is 0 Å². The minimum Gasteiger partial charge on any atom is -0.490 e. The highest BCUT2D eigenvalue weighted by molar-refractivity contribution is 5.98. The lowest BCUT2D eigenvalue weighted by Gasteiger charge is -2.17. The molecule has 0 spiro atoms. The number of carbonyl (C=O) groups excluding carboxylic acids is 2. The minimum atomic E-state index is -0.481. The molecule has 0 radical (unpaired) electrons. The normalized spacial score (nSPS) is 17.4. The molecule has 1 saturated heterocycles. The van der Waals surface area contributed by atoms with Crippen molar-refractivity contribution in [3.63, 3.8) is 0 Å². The molecule has 6 nitrogen and oxygen atoms in total. The molecule has 0 saturated carbocycles. The van der Waals surface area contributed by atoms with Crippen LogP contribution in [0.25, 0.3) is 0 Å². The molecule has 2 amide bonds. The molecule has 0 bridgehead atoms. The Morgan fingerprint density at radius 1 is 1.16 bits per heavy atom. The molecular weight excluding hydrogens is 320 g/mol. The number of hydrogen-bond acceptors (Lipinski definition) is 4. The third kappa shape index (κ3) is 5.66. The van der Waals surface area contributed by atoms with Crippen molar-refractivity contribution in [2.75, 3.05) is 19.8 Å². The number of hydrogen-bond donors (Lipinski definition) is 2. The van der Waals surface area contributed by atoms with Crippen LogP contribution in [0.2, 0.25) is 0 Å². The molecule has 1 heterocycles. The van der Waals surface area contributed by atoms with Crippen molar-refractivity contribution in [1.29, 1.82) is 0 Å². The zero-order chi connectivity index (χ0) is 18.1. The lowest BCUT2D eigenvalue weighted by Crippen LogP contribution is -2.45. The van der Waals surface area contributed by atoms with Crippen LogP contribution in [-0.2, 0) is 4.79 Å². The Kier molecular flexibility index (Phi) is 7.57. The smallest absolute Gasteiger partial charge is 0.252 e. The van der Waals surface area contributed by atoms with Crippen molar-refractivity contribution in [3.8, 4) is 11.5 Å². The van der Waals surface area contributed by atoms with Crippen LogP contribution in [0, 0.1) is 0 Å². The second-order valence-electron chi connectivity index (χ2n) is 6.17. The third-order valence-corrected chi connectivity index (χ3v) is 3.97. The fraction of sp³-hybridized carbons (Fsp3) is 0.579. The van der Waals surface area contributed by atoms with Gasteiger partial charge in [-0.15, -0.1) is 0 Å². The fourth-order valence-electron chi connectivity index (χ4n) is 2.62. The van der Waals surface area contributed by atoms with E-state index in [0.717, 1.165) is 25.7 Å². The summed E-state index contributed by atoms with van der Waals surface area (Å²) in [5.41, 5.74) is 0.465. The first-order valence-corrected chi connectivity index (χ1v) is 9.14. The van der Waals surface area contributed by atoms with Crippen molar-refractivity contribution in [2.24, 2.45) is 0 Å². The summed E-state index contributed by atoms with van der Waals surface area (Å²) in [5.74, 6) is 0.814. The summed E-state index contributed by atoms with van der Waals surface area (Å²) >= 11 is 0. The van der Waals surface area contributed by atoms with E-state index in [0.29, 0.717) is 43.2 Å². The maximum atomic E-state index is 12.5. The molecule has 0 unspecified atom stereocenters. The summed E-state index contributed by atoms with van der Waals surface area (Å²) < 4.78 is 11.4. The van der Waals surface area contributed by atoms with Gasteiger partial charge in [0.2, 0.25) is 5.91 Å². The Morgan fingerprint density at radius 2 is 1.88 bits per heavy atom. The molecular formula is C19H28N2O4. The van der Waals surface area contributed by atoms with E-state index in [9.17, 15) is 9.59 Å². The van der Waals surface area contributed by atoms with Crippen LogP contribution >= 0.6 is 0 Å². The Balaban J connectivity index is 2.10. The van der Waals surface area contributed by atoms with Crippen molar-refractivity contribution in [3.05, 3.63) is 23.8 Å². The number of nitrogens with one attached hydrogen (secondary N) is 2. The van der Waals surface area contributed by atoms with E-state index < -0.39 is 6.04 Å². The number of carbonyl (C=O) groups is 2. The van der Waals surface area contributed by atoms with E-state index in [2.05, 4.69) is 10.6 Å². The summed E-state index contributed by atoms with van der Waals surface area (Å²) in [6.45, 7) is 5.87. The molecule has 1 aliphatic rings. The van der Waals surface area contributed by atoms with Crippen LogP contribution in [0.3, 0.4) is 0 Å². The molecule has 2 rings (SSSR count). The predicted octanol–water partition coefficient (Wildman–Crippen LogP) is 2.66. The van der Waals surface area contributed by atoms with Gasteiger partial charge in [-0.05, 0) is 50.3 Å². The first-order valence-electron chi connectivity index (χ1n) is 9.14. The van der Waals surface area contributed by atoms with Crippen LogP contribution < -0.4 is 20.1 Å². The maximum absolute atomic E-state index is 12.5. The molecule has 1 fully saturated rings. The fourth-order valence-corrected chi connectivity index (χ4v) is 2.62. The van der Waals surface area contributed by atoms with Gasteiger partial charge in [-0.2, -0.15) is 0 Å². The molecule has 2 N–H and O–H groups in total. The van der Waals surface area contributed by atoms with Crippen LogP contribution in [0.15, 0.2) is 18.2 Å². The molecule has 1 aliphatic heterocycles. The monoisotopic (exact) mass is 348 g/mol. The van der Waals surface area contributed by atoms with Gasteiger partial charge in [0.05, 0.1) is 13.2 Å². The van der Waals surface area contributed by atoms with E-state index in [4.69, 9.17) is 9.47 Å².